The maximum atomic E-state index is 9.31. The molecule has 0 unspecified atom stereocenters. The topological polar surface area (TPSA) is 49.8 Å². The monoisotopic (exact) mass is 266 g/mol. The van der Waals surface area contributed by atoms with Crippen LogP contribution in [-0.4, -0.2) is 4.98 Å². The molecule has 0 aliphatic heterocycles. The summed E-state index contributed by atoms with van der Waals surface area (Å²) in [6.07, 6.45) is 1.62. The minimum Gasteiger partial charge on any atom is -0.463 e. The van der Waals surface area contributed by atoms with Crippen molar-refractivity contribution in [3.05, 3.63) is 53.2 Å². The number of rotatable bonds is 2. The third kappa shape index (κ3) is 2.05. The van der Waals surface area contributed by atoms with E-state index in [1.165, 1.54) is 0 Å². The molecule has 3 rings (SSSR count). The second-order valence-electron chi connectivity index (χ2n) is 4.08. The van der Waals surface area contributed by atoms with Gasteiger partial charge in [0.05, 0.1) is 17.5 Å². The molecule has 3 nitrogen and oxygen atoms in total. The molecular formula is C15H10N2OS. The molecule has 0 bridgehead atoms. The van der Waals surface area contributed by atoms with Crippen LogP contribution in [0.2, 0.25) is 0 Å². The number of nitriles is 1. The molecule has 0 amide bonds. The van der Waals surface area contributed by atoms with Crippen LogP contribution in [0.3, 0.4) is 0 Å². The Hall–Kier alpha value is -2.38. The Bertz CT molecular complexity index is 737. The molecule has 0 saturated carbocycles. The number of hydrogen-bond donors (Lipinski definition) is 0. The smallest absolute Gasteiger partial charge is 0.152 e. The highest BCUT2D eigenvalue weighted by Crippen LogP contribution is 2.32. The summed E-state index contributed by atoms with van der Waals surface area (Å²) in [5.74, 6) is 0.713. The molecule has 0 spiro atoms. The molecule has 19 heavy (non-hydrogen) atoms. The van der Waals surface area contributed by atoms with Crippen molar-refractivity contribution >= 4 is 11.3 Å². The molecule has 0 aliphatic rings. The predicted octanol–water partition coefficient (Wildman–Crippen LogP) is 4.25. The molecule has 0 fully saturated rings. The van der Waals surface area contributed by atoms with Gasteiger partial charge in [-0.3, -0.25) is 0 Å². The van der Waals surface area contributed by atoms with E-state index in [4.69, 9.17) is 4.42 Å². The minimum absolute atomic E-state index is 0.623. The molecule has 0 radical (unpaired) electrons. The third-order valence-electron chi connectivity index (χ3n) is 2.87. The van der Waals surface area contributed by atoms with Gasteiger partial charge in [0.15, 0.2) is 5.76 Å². The lowest BCUT2D eigenvalue weighted by atomic mass is 10.0. The zero-order valence-corrected chi connectivity index (χ0v) is 11.1. The summed E-state index contributed by atoms with van der Waals surface area (Å²) in [4.78, 5) is 5.51. The van der Waals surface area contributed by atoms with Crippen LogP contribution in [-0.2, 0) is 0 Å². The first kappa shape index (κ1) is 11.7. The third-order valence-corrected chi connectivity index (χ3v) is 3.78. The lowest BCUT2D eigenvalue weighted by molar-refractivity contribution is 0.580. The molecule has 0 N–H and O–H groups in total. The molecule has 3 heterocycles. The Morgan fingerprint density at radius 3 is 2.84 bits per heavy atom. The van der Waals surface area contributed by atoms with Crippen molar-refractivity contribution in [3.63, 3.8) is 0 Å². The van der Waals surface area contributed by atoms with Crippen LogP contribution < -0.4 is 0 Å². The van der Waals surface area contributed by atoms with E-state index in [0.29, 0.717) is 11.3 Å². The lowest BCUT2D eigenvalue weighted by Gasteiger charge is -2.07. The zero-order valence-electron chi connectivity index (χ0n) is 10.3. The highest BCUT2D eigenvalue weighted by Gasteiger charge is 2.14. The first-order valence-corrected chi connectivity index (χ1v) is 6.67. The van der Waals surface area contributed by atoms with Crippen molar-refractivity contribution in [1.29, 1.82) is 5.26 Å². The van der Waals surface area contributed by atoms with Crippen LogP contribution in [0.25, 0.3) is 21.9 Å². The predicted molar refractivity (Wildman–Crippen MR) is 74.7 cm³/mol. The average Bonchev–Trinajstić information content (AvgIpc) is 3.11. The van der Waals surface area contributed by atoms with Crippen LogP contribution >= 0.6 is 11.3 Å². The van der Waals surface area contributed by atoms with Crippen LogP contribution in [0, 0.1) is 18.3 Å². The Morgan fingerprint density at radius 2 is 2.21 bits per heavy atom. The van der Waals surface area contributed by atoms with E-state index in [-0.39, 0.29) is 0 Å². The standard InChI is InChI=1S/C15H10N2OS/c1-10-12(9-16)11(15-5-3-7-19-15)8-13(17-10)14-4-2-6-18-14/h2-8H,1H3. The number of aryl methyl sites for hydroxylation is 1. The Morgan fingerprint density at radius 1 is 1.32 bits per heavy atom. The summed E-state index contributed by atoms with van der Waals surface area (Å²) >= 11 is 1.61. The maximum Gasteiger partial charge on any atom is 0.152 e. The number of pyridine rings is 1. The Labute approximate surface area is 114 Å². The fourth-order valence-corrected chi connectivity index (χ4v) is 2.74. The van der Waals surface area contributed by atoms with Crippen molar-refractivity contribution in [2.24, 2.45) is 0 Å². The van der Waals surface area contributed by atoms with Gasteiger partial charge in [0.25, 0.3) is 0 Å². The Balaban J connectivity index is 2.25. The van der Waals surface area contributed by atoms with E-state index < -0.39 is 0 Å². The first-order valence-electron chi connectivity index (χ1n) is 5.79. The summed E-state index contributed by atoms with van der Waals surface area (Å²) in [5, 5.41) is 11.3. The Kier molecular flexibility index (Phi) is 2.90. The maximum absolute atomic E-state index is 9.31. The van der Waals surface area contributed by atoms with Gasteiger partial charge in [0.2, 0.25) is 0 Å². The van der Waals surface area contributed by atoms with Gasteiger partial charge in [-0.1, -0.05) is 6.07 Å². The second kappa shape index (κ2) is 4.71. The van der Waals surface area contributed by atoms with Crippen molar-refractivity contribution < 1.29 is 4.42 Å². The quantitative estimate of drug-likeness (QED) is 0.696. The van der Waals surface area contributed by atoms with E-state index in [1.54, 1.807) is 17.6 Å². The largest absolute Gasteiger partial charge is 0.463 e. The molecule has 92 valence electrons. The van der Waals surface area contributed by atoms with Crippen LogP contribution in [0.15, 0.2) is 46.4 Å². The van der Waals surface area contributed by atoms with E-state index in [1.807, 2.05) is 42.6 Å². The van der Waals surface area contributed by atoms with Crippen molar-refractivity contribution in [1.82, 2.24) is 4.98 Å². The fraction of sp³-hybridized carbons (Fsp3) is 0.0667. The van der Waals surface area contributed by atoms with Gasteiger partial charge in [-0.25, -0.2) is 4.98 Å². The molecule has 3 aromatic rings. The van der Waals surface area contributed by atoms with E-state index in [2.05, 4.69) is 11.1 Å². The summed E-state index contributed by atoms with van der Waals surface area (Å²) in [5.41, 5.74) is 3.01. The molecule has 0 atom stereocenters. The second-order valence-corrected chi connectivity index (χ2v) is 5.03. The molecule has 0 aromatic carbocycles. The average molecular weight is 266 g/mol. The number of nitrogens with zero attached hydrogens (tertiary/aromatic N) is 2. The summed E-state index contributed by atoms with van der Waals surface area (Å²) < 4.78 is 5.38. The summed E-state index contributed by atoms with van der Waals surface area (Å²) in [6.45, 7) is 1.85. The van der Waals surface area contributed by atoms with Crippen LogP contribution in [0.1, 0.15) is 11.3 Å². The normalized spacial score (nSPS) is 10.3. The number of thiophene rings is 1. The SMILES string of the molecule is Cc1nc(-c2ccco2)cc(-c2cccs2)c1C#N. The highest BCUT2D eigenvalue weighted by molar-refractivity contribution is 7.13. The lowest BCUT2D eigenvalue weighted by Crippen LogP contribution is -1.94. The van der Waals surface area contributed by atoms with Gasteiger partial charge >= 0.3 is 0 Å². The van der Waals surface area contributed by atoms with Crippen LogP contribution in [0.5, 0.6) is 0 Å². The van der Waals surface area contributed by atoms with Gasteiger partial charge in [-0.05, 0) is 36.6 Å². The molecule has 0 aliphatic carbocycles. The fourth-order valence-electron chi connectivity index (χ4n) is 1.99. The molecule has 4 heteroatoms. The van der Waals surface area contributed by atoms with Crippen molar-refractivity contribution in [2.75, 3.05) is 0 Å². The first-order chi connectivity index (χ1) is 9.29. The number of aromatic nitrogens is 1. The van der Waals surface area contributed by atoms with Gasteiger partial charge in [0.1, 0.15) is 11.8 Å². The van der Waals surface area contributed by atoms with Crippen molar-refractivity contribution in [3.8, 4) is 28.0 Å². The van der Waals surface area contributed by atoms with E-state index in [9.17, 15) is 5.26 Å². The van der Waals surface area contributed by atoms with E-state index in [0.717, 1.165) is 21.8 Å². The molecular weight excluding hydrogens is 256 g/mol. The highest BCUT2D eigenvalue weighted by atomic mass is 32.1. The molecule has 0 saturated heterocycles. The number of furan rings is 1. The van der Waals surface area contributed by atoms with Gasteiger partial charge in [0, 0.05) is 10.4 Å². The summed E-state index contributed by atoms with van der Waals surface area (Å²) in [7, 11) is 0. The van der Waals surface area contributed by atoms with Gasteiger partial charge < -0.3 is 4.42 Å². The van der Waals surface area contributed by atoms with Crippen molar-refractivity contribution in [2.45, 2.75) is 6.92 Å². The number of hydrogen-bond acceptors (Lipinski definition) is 4. The molecule has 3 aromatic heterocycles. The van der Waals surface area contributed by atoms with Crippen LogP contribution in [0.4, 0.5) is 0 Å². The van der Waals surface area contributed by atoms with Gasteiger partial charge in [-0.15, -0.1) is 11.3 Å². The minimum atomic E-state index is 0.623. The zero-order chi connectivity index (χ0) is 13.2. The van der Waals surface area contributed by atoms with Gasteiger partial charge in [-0.2, -0.15) is 5.26 Å². The summed E-state index contributed by atoms with van der Waals surface area (Å²) in [6, 6.07) is 11.8. The van der Waals surface area contributed by atoms with E-state index >= 15 is 0 Å².